The van der Waals surface area contributed by atoms with Crippen molar-refractivity contribution in [2.24, 2.45) is 0 Å². The maximum atomic E-state index is 14.3. The number of methoxy groups -OCH3 is 1. The third-order valence-corrected chi connectivity index (χ3v) is 5.86. The van der Waals surface area contributed by atoms with Gasteiger partial charge in [0.1, 0.15) is 17.2 Å². The molecule has 36 heavy (non-hydrogen) atoms. The van der Waals surface area contributed by atoms with Crippen molar-refractivity contribution >= 4 is 6.09 Å². The first-order valence-electron chi connectivity index (χ1n) is 11.9. The number of benzene rings is 3. The second kappa shape index (κ2) is 10.8. The van der Waals surface area contributed by atoms with Gasteiger partial charge in [-0.3, -0.25) is 4.90 Å². The molecule has 4 rings (SSSR count). The Morgan fingerprint density at radius 3 is 2.56 bits per heavy atom. The van der Waals surface area contributed by atoms with Crippen molar-refractivity contribution in [1.82, 2.24) is 10.2 Å². The fourth-order valence-corrected chi connectivity index (χ4v) is 4.28. The first kappa shape index (κ1) is 25.3. The Morgan fingerprint density at radius 1 is 1.08 bits per heavy atom. The quantitative estimate of drug-likeness (QED) is 0.454. The van der Waals surface area contributed by atoms with Gasteiger partial charge in [-0.15, -0.1) is 0 Å². The van der Waals surface area contributed by atoms with E-state index >= 15 is 0 Å². The SMILES string of the molecule is COc1ccc(CN2Cc3ccc(F)cc3-c3ccccc3C2C#CCNC(=O)OC(C)(C)C)cc1. The predicted molar refractivity (Wildman–Crippen MR) is 139 cm³/mol. The van der Waals surface area contributed by atoms with E-state index in [1.165, 1.54) is 6.07 Å². The summed E-state index contributed by atoms with van der Waals surface area (Å²) in [5, 5.41) is 2.70. The van der Waals surface area contributed by atoms with E-state index in [9.17, 15) is 9.18 Å². The summed E-state index contributed by atoms with van der Waals surface area (Å²) in [6, 6.07) is 20.6. The molecule has 0 saturated carbocycles. The van der Waals surface area contributed by atoms with Crippen LogP contribution in [0.3, 0.4) is 0 Å². The number of amides is 1. The highest BCUT2D eigenvalue weighted by atomic mass is 19.1. The smallest absolute Gasteiger partial charge is 0.408 e. The van der Waals surface area contributed by atoms with Gasteiger partial charge in [-0.1, -0.05) is 54.3 Å². The number of halogens is 1. The number of ether oxygens (including phenoxy) is 2. The molecule has 1 aliphatic rings. The van der Waals surface area contributed by atoms with Gasteiger partial charge in [0.2, 0.25) is 0 Å². The Balaban J connectivity index is 1.68. The molecular formula is C30H31FN2O3. The monoisotopic (exact) mass is 486 g/mol. The van der Waals surface area contributed by atoms with E-state index in [0.29, 0.717) is 13.1 Å². The Bertz CT molecular complexity index is 1290. The number of alkyl carbamates (subject to hydrolysis) is 1. The number of carbonyl (C=O) groups excluding carboxylic acids is 1. The second-order valence-electron chi connectivity index (χ2n) is 9.72. The molecule has 0 fully saturated rings. The van der Waals surface area contributed by atoms with Crippen LogP contribution in [0.5, 0.6) is 5.75 Å². The molecule has 0 saturated heterocycles. The minimum atomic E-state index is -0.575. The van der Waals surface area contributed by atoms with Gasteiger partial charge >= 0.3 is 6.09 Å². The molecule has 1 atom stereocenters. The Hall–Kier alpha value is -3.82. The van der Waals surface area contributed by atoms with E-state index < -0.39 is 11.7 Å². The molecule has 6 heteroatoms. The molecule has 1 unspecified atom stereocenters. The zero-order chi connectivity index (χ0) is 25.7. The molecule has 0 spiro atoms. The van der Waals surface area contributed by atoms with Crippen LogP contribution < -0.4 is 10.1 Å². The van der Waals surface area contributed by atoms with Crippen molar-refractivity contribution in [3.05, 3.63) is 89.2 Å². The van der Waals surface area contributed by atoms with Crippen molar-refractivity contribution in [2.75, 3.05) is 13.7 Å². The standard InChI is InChI=1S/C30H31FN2O3/c1-30(2,3)36-29(34)32-17-7-10-28-26-9-6-5-8-25(26)27-18-23(31)14-13-22(27)20-33(28)19-21-11-15-24(35-4)16-12-21/h5-6,8-9,11-16,18,28H,17,19-20H2,1-4H3,(H,32,34). The number of rotatable bonds is 4. The molecule has 0 aromatic heterocycles. The van der Waals surface area contributed by atoms with Crippen molar-refractivity contribution in [1.29, 1.82) is 0 Å². The first-order chi connectivity index (χ1) is 17.2. The van der Waals surface area contributed by atoms with Crippen LogP contribution in [0.15, 0.2) is 66.7 Å². The average Bonchev–Trinajstić information content (AvgIpc) is 2.96. The lowest BCUT2D eigenvalue weighted by molar-refractivity contribution is 0.0535. The molecule has 186 valence electrons. The lowest BCUT2D eigenvalue weighted by atomic mass is 9.94. The van der Waals surface area contributed by atoms with E-state index in [1.54, 1.807) is 13.2 Å². The summed E-state index contributed by atoms with van der Waals surface area (Å²) in [7, 11) is 1.65. The summed E-state index contributed by atoms with van der Waals surface area (Å²) >= 11 is 0. The van der Waals surface area contributed by atoms with Crippen molar-refractivity contribution in [3.63, 3.8) is 0 Å². The maximum absolute atomic E-state index is 14.3. The number of nitrogens with one attached hydrogen (secondary N) is 1. The molecule has 1 aliphatic heterocycles. The van der Waals surface area contributed by atoms with Gasteiger partial charge in [0, 0.05) is 13.1 Å². The highest BCUT2D eigenvalue weighted by molar-refractivity contribution is 5.73. The normalized spacial score (nSPS) is 15.0. The Kier molecular flexibility index (Phi) is 7.61. The number of hydrogen-bond acceptors (Lipinski definition) is 4. The lowest BCUT2D eigenvalue weighted by Crippen LogP contribution is -2.32. The Morgan fingerprint density at radius 2 is 1.83 bits per heavy atom. The van der Waals surface area contributed by atoms with E-state index in [1.807, 2.05) is 75.4 Å². The minimum absolute atomic E-state index is 0.158. The molecule has 0 radical (unpaired) electrons. The van der Waals surface area contributed by atoms with Crippen LogP contribution in [-0.2, 0) is 17.8 Å². The van der Waals surface area contributed by atoms with Crippen LogP contribution in [-0.4, -0.2) is 30.2 Å². The first-order valence-corrected chi connectivity index (χ1v) is 11.9. The molecule has 1 heterocycles. The fraction of sp³-hybridized carbons (Fsp3) is 0.300. The van der Waals surface area contributed by atoms with E-state index in [0.717, 1.165) is 33.6 Å². The van der Waals surface area contributed by atoms with Gasteiger partial charge in [-0.25, -0.2) is 9.18 Å². The number of fused-ring (bicyclic) bond motifs is 3. The average molecular weight is 487 g/mol. The molecular weight excluding hydrogens is 455 g/mol. The van der Waals surface area contributed by atoms with E-state index in [2.05, 4.69) is 22.1 Å². The van der Waals surface area contributed by atoms with E-state index in [4.69, 9.17) is 9.47 Å². The van der Waals surface area contributed by atoms with Crippen LogP contribution in [0.1, 0.15) is 43.5 Å². The number of carbonyl (C=O) groups is 1. The predicted octanol–water partition coefficient (Wildman–Crippen LogP) is 6.09. The van der Waals surface area contributed by atoms with Gasteiger partial charge in [0.25, 0.3) is 0 Å². The number of nitrogens with zero attached hydrogens (tertiary/aromatic N) is 1. The summed E-state index contributed by atoms with van der Waals surface area (Å²) in [6.07, 6.45) is -0.504. The summed E-state index contributed by atoms with van der Waals surface area (Å²) in [5.41, 5.74) is 4.41. The highest BCUT2D eigenvalue weighted by Crippen LogP contribution is 2.39. The molecule has 0 aliphatic carbocycles. The third-order valence-electron chi connectivity index (χ3n) is 5.86. The zero-order valence-corrected chi connectivity index (χ0v) is 21.1. The molecule has 1 amide bonds. The topological polar surface area (TPSA) is 50.8 Å². The van der Waals surface area contributed by atoms with E-state index in [-0.39, 0.29) is 18.4 Å². The second-order valence-corrected chi connectivity index (χ2v) is 9.72. The van der Waals surface area contributed by atoms with Crippen molar-refractivity contribution in [2.45, 2.75) is 45.5 Å². The lowest BCUT2D eigenvalue weighted by Gasteiger charge is -2.27. The molecule has 5 nitrogen and oxygen atoms in total. The van der Waals surface area contributed by atoms with Crippen molar-refractivity contribution < 1.29 is 18.7 Å². The van der Waals surface area contributed by atoms with Crippen LogP contribution in [0.2, 0.25) is 0 Å². The van der Waals surface area contributed by atoms with Crippen LogP contribution >= 0.6 is 0 Å². The summed E-state index contributed by atoms with van der Waals surface area (Å²) in [5.74, 6) is 7.01. The van der Waals surface area contributed by atoms with Gasteiger partial charge in [0.15, 0.2) is 0 Å². The highest BCUT2D eigenvalue weighted by Gasteiger charge is 2.27. The third kappa shape index (κ3) is 6.24. The summed E-state index contributed by atoms with van der Waals surface area (Å²) < 4.78 is 24.9. The van der Waals surface area contributed by atoms with Crippen LogP contribution in [0.4, 0.5) is 9.18 Å². The van der Waals surface area contributed by atoms with Crippen molar-refractivity contribution in [3.8, 4) is 28.7 Å². The van der Waals surface area contributed by atoms with Gasteiger partial charge in [0.05, 0.1) is 19.7 Å². The maximum Gasteiger partial charge on any atom is 0.408 e. The molecule has 1 N–H and O–H groups in total. The van der Waals surface area contributed by atoms with Gasteiger partial charge in [-0.05, 0) is 72.9 Å². The summed E-state index contributed by atoms with van der Waals surface area (Å²) in [4.78, 5) is 14.3. The largest absolute Gasteiger partial charge is 0.497 e. The van der Waals surface area contributed by atoms with Gasteiger partial charge in [-0.2, -0.15) is 0 Å². The Labute approximate surface area is 212 Å². The van der Waals surface area contributed by atoms with Crippen LogP contribution in [0, 0.1) is 17.7 Å². The van der Waals surface area contributed by atoms with Crippen LogP contribution in [0.25, 0.3) is 11.1 Å². The minimum Gasteiger partial charge on any atom is -0.497 e. The fourth-order valence-electron chi connectivity index (χ4n) is 4.28. The number of hydrogen-bond donors (Lipinski definition) is 1. The molecule has 0 bridgehead atoms. The molecule has 3 aromatic rings. The zero-order valence-electron chi connectivity index (χ0n) is 21.1. The summed E-state index contributed by atoms with van der Waals surface area (Å²) in [6.45, 7) is 6.84. The molecule has 3 aromatic carbocycles. The van der Waals surface area contributed by atoms with Gasteiger partial charge < -0.3 is 14.8 Å².